The van der Waals surface area contributed by atoms with Crippen LogP contribution in [-0.4, -0.2) is 23.5 Å². The van der Waals surface area contributed by atoms with Gasteiger partial charge in [0.25, 0.3) is 0 Å². The quantitative estimate of drug-likeness (QED) is 0.603. The second-order valence-electron chi connectivity index (χ2n) is 3.18. The molecule has 1 fully saturated rings. The molecule has 1 saturated carbocycles. The molecule has 2 N–H and O–H groups in total. The molecule has 4 heteroatoms. The molecule has 0 bridgehead atoms. The van der Waals surface area contributed by atoms with Crippen molar-refractivity contribution in [2.45, 2.75) is 31.7 Å². The predicted molar refractivity (Wildman–Crippen MR) is 42.6 cm³/mol. The minimum atomic E-state index is -0.743. The monoisotopic (exact) mass is 171 g/mol. The molecule has 0 aromatic carbocycles. The van der Waals surface area contributed by atoms with Crippen LogP contribution in [0.5, 0.6) is 0 Å². The lowest BCUT2D eigenvalue weighted by molar-refractivity contribution is -0.143. The highest BCUT2D eigenvalue weighted by Crippen LogP contribution is 2.23. The summed E-state index contributed by atoms with van der Waals surface area (Å²) in [6, 6.07) is 0.0670. The van der Waals surface area contributed by atoms with E-state index in [4.69, 9.17) is 5.11 Å². The van der Waals surface area contributed by atoms with Gasteiger partial charge in [-0.2, -0.15) is 0 Å². The molecule has 2 unspecified atom stereocenters. The van der Waals surface area contributed by atoms with E-state index in [1.165, 1.54) is 0 Å². The third kappa shape index (κ3) is 2.22. The summed E-state index contributed by atoms with van der Waals surface area (Å²) in [5.74, 6) is -1.01. The lowest BCUT2D eigenvalue weighted by atomic mass is 9.86. The molecular formula is C8H13NO3. The Morgan fingerprint density at radius 3 is 2.83 bits per heavy atom. The van der Waals surface area contributed by atoms with Crippen LogP contribution < -0.4 is 5.32 Å². The number of nitrogens with one attached hydrogen (secondary N) is 1. The second-order valence-corrected chi connectivity index (χ2v) is 3.18. The van der Waals surface area contributed by atoms with Gasteiger partial charge in [0.05, 0.1) is 5.92 Å². The summed E-state index contributed by atoms with van der Waals surface area (Å²) in [7, 11) is 0. The molecule has 1 aliphatic carbocycles. The molecule has 0 spiro atoms. The Kier molecular flexibility index (Phi) is 3.08. The van der Waals surface area contributed by atoms with E-state index in [1.54, 1.807) is 0 Å². The number of carbonyl (C=O) groups is 2. The Hall–Kier alpha value is -1.06. The maximum atomic E-state index is 10.6. The predicted octanol–water partition coefficient (Wildman–Crippen LogP) is 0.376. The molecule has 4 nitrogen and oxygen atoms in total. The van der Waals surface area contributed by atoms with Crippen molar-refractivity contribution >= 4 is 12.4 Å². The molecule has 0 aliphatic heterocycles. The van der Waals surface area contributed by atoms with Crippen molar-refractivity contribution in [3.8, 4) is 0 Å². The highest BCUT2D eigenvalue weighted by Gasteiger charge is 2.26. The fraction of sp³-hybridized carbons (Fsp3) is 0.750. The highest BCUT2D eigenvalue weighted by atomic mass is 16.4. The van der Waals surface area contributed by atoms with Crippen LogP contribution in [0.4, 0.5) is 0 Å². The summed E-state index contributed by atoms with van der Waals surface area (Å²) in [6.07, 6.45) is 3.76. The standard InChI is InChI=1S/C8H13NO3/c10-5-9-7-3-1-2-6(4-7)8(11)12/h5-7H,1-4H2,(H,9,10)(H,11,12). The van der Waals surface area contributed by atoms with Crippen molar-refractivity contribution in [1.29, 1.82) is 0 Å². The van der Waals surface area contributed by atoms with E-state index in [1.807, 2.05) is 0 Å². The molecule has 12 heavy (non-hydrogen) atoms. The van der Waals surface area contributed by atoms with Gasteiger partial charge in [0, 0.05) is 6.04 Å². The Labute approximate surface area is 71.0 Å². The molecule has 0 aromatic rings. The van der Waals surface area contributed by atoms with E-state index in [0.29, 0.717) is 12.8 Å². The summed E-state index contributed by atoms with van der Waals surface area (Å²) >= 11 is 0. The molecule has 0 aromatic heterocycles. The number of aliphatic carboxylic acids is 1. The van der Waals surface area contributed by atoms with Crippen LogP contribution in [0, 0.1) is 5.92 Å². The first-order valence-corrected chi connectivity index (χ1v) is 4.16. The summed E-state index contributed by atoms with van der Waals surface area (Å²) in [6.45, 7) is 0. The molecule has 0 radical (unpaired) electrons. The molecule has 0 saturated heterocycles. The number of rotatable bonds is 3. The van der Waals surface area contributed by atoms with Gasteiger partial charge in [0.2, 0.25) is 6.41 Å². The van der Waals surface area contributed by atoms with Crippen LogP contribution in [0.3, 0.4) is 0 Å². The number of hydrogen-bond donors (Lipinski definition) is 2. The van der Waals surface area contributed by atoms with Crippen LogP contribution in [-0.2, 0) is 9.59 Å². The molecule has 1 aliphatic rings. The molecule has 2 atom stereocenters. The Morgan fingerprint density at radius 2 is 2.25 bits per heavy atom. The van der Waals surface area contributed by atoms with E-state index in [0.717, 1.165) is 19.3 Å². The summed E-state index contributed by atoms with van der Waals surface area (Å²) in [4.78, 5) is 20.7. The number of carboxylic acid groups (broad SMARTS) is 1. The third-order valence-electron chi connectivity index (χ3n) is 2.33. The van der Waals surface area contributed by atoms with Gasteiger partial charge in [-0.3, -0.25) is 9.59 Å². The van der Waals surface area contributed by atoms with Crippen LogP contribution in [0.1, 0.15) is 25.7 Å². The number of carboxylic acids is 1. The first-order chi connectivity index (χ1) is 5.74. The molecular weight excluding hydrogens is 158 g/mol. The number of hydrogen-bond acceptors (Lipinski definition) is 2. The van der Waals surface area contributed by atoms with Crippen LogP contribution in [0.2, 0.25) is 0 Å². The van der Waals surface area contributed by atoms with Gasteiger partial charge in [-0.1, -0.05) is 6.42 Å². The van der Waals surface area contributed by atoms with Crippen molar-refractivity contribution < 1.29 is 14.7 Å². The van der Waals surface area contributed by atoms with Gasteiger partial charge in [-0.05, 0) is 19.3 Å². The summed E-state index contributed by atoms with van der Waals surface area (Å²) in [5, 5.41) is 11.3. The van der Waals surface area contributed by atoms with Crippen LogP contribution in [0.15, 0.2) is 0 Å². The van der Waals surface area contributed by atoms with Crippen molar-refractivity contribution in [2.24, 2.45) is 5.92 Å². The van der Waals surface area contributed by atoms with E-state index < -0.39 is 5.97 Å². The molecule has 68 valence electrons. The van der Waals surface area contributed by atoms with E-state index in [-0.39, 0.29) is 12.0 Å². The average Bonchev–Trinajstić information content (AvgIpc) is 2.05. The number of carbonyl (C=O) groups excluding carboxylic acids is 1. The Bertz CT molecular complexity index is 181. The third-order valence-corrected chi connectivity index (χ3v) is 2.33. The normalized spacial score (nSPS) is 29.3. The zero-order valence-electron chi connectivity index (χ0n) is 6.82. The summed E-state index contributed by atoms with van der Waals surface area (Å²) < 4.78 is 0. The lowest BCUT2D eigenvalue weighted by Crippen LogP contribution is -2.35. The van der Waals surface area contributed by atoms with Crippen molar-refractivity contribution in [3.05, 3.63) is 0 Å². The zero-order valence-corrected chi connectivity index (χ0v) is 6.82. The Morgan fingerprint density at radius 1 is 1.50 bits per heavy atom. The van der Waals surface area contributed by atoms with Crippen LogP contribution >= 0.6 is 0 Å². The maximum absolute atomic E-state index is 10.6. The summed E-state index contributed by atoms with van der Waals surface area (Å²) in [5.41, 5.74) is 0. The molecule has 0 heterocycles. The van der Waals surface area contributed by atoms with Crippen LogP contribution in [0.25, 0.3) is 0 Å². The van der Waals surface area contributed by atoms with Crippen molar-refractivity contribution in [1.82, 2.24) is 5.32 Å². The maximum Gasteiger partial charge on any atom is 0.306 e. The first-order valence-electron chi connectivity index (χ1n) is 4.16. The molecule has 1 rings (SSSR count). The largest absolute Gasteiger partial charge is 0.481 e. The van der Waals surface area contributed by atoms with Gasteiger partial charge < -0.3 is 10.4 Å². The van der Waals surface area contributed by atoms with Gasteiger partial charge in [0.15, 0.2) is 0 Å². The molecule has 1 amide bonds. The van der Waals surface area contributed by atoms with Gasteiger partial charge in [-0.15, -0.1) is 0 Å². The highest BCUT2D eigenvalue weighted by molar-refractivity contribution is 5.70. The first kappa shape index (κ1) is 9.03. The fourth-order valence-corrected chi connectivity index (χ4v) is 1.66. The van der Waals surface area contributed by atoms with Gasteiger partial charge >= 0.3 is 5.97 Å². The minimum Gasteiger partial charge on any atom is -0.481 e. The number of amides is 1. The second kappa shape index (κ2) is 4.09. The Balaban J connectivity index is 2.39. The van der Waals surface area contributed by atoms with Crippen molar-refractivity contribution in [2.75, 3.05) is 0 Å². The van der Waals surface area contributed by atoms with E-state index >= 15 is 0 Å². The average molecular weight is 171 g/mol. The SMILES string of the molecule is O=CNC1CCCC(C(=O)O)C1. The van der Waals surface area contributed by atoms with E-state index in [2.05, 4.69) is 5.32 Å². The van der Waals surface area contributed by atoms with Gasteiger partial charge in [0.1, 0.15) is 0 Å². The zero-order chi connectivity index (χ0) is 8.97. The van der Waals surface area contributed by atoms with Crippen molar-refractivity contribution in [3.63, 3.8) is 0 Å². The van der Waals surface area contributed by atoms with Gasteiger partial charge in [-0.25, -0.2) is 0 Å². The minimum absolute atomic E-state index is 0.0670. The smallest absolute Gasteiger partial charge is 0.306 e. The topological polar surface area (TPSA) is 66.4 Å². The lowest BCUT2D eigenvalue weighted by Gasteiger charge is -2.25. The van der Waals surface area contributed by atoms with E-state index in [9.17, 15) is 9.59 Å². The fourth-order valence-electron chi connectivity index (χ4n) is 1.66.